The number of piperidine rings is 1. The van der Waals surface area contributed by atoms with E-state index in [4.69, 9.17) is 5.11 Å². The number of aryl methyl sites for hydroxylation is 1. The van der Waals surface area contributed by atoms with E-state index in [0.717, 1.165) is 0 Å². The first-order valence-electron chi connectivity index (χ1n) is 6.87. The molecule has 116 valence electrons. The van der Waals surface area contributed by atoms with E-state index in [1.807, 2.05) is 0 Å². The lowest BCUT2D eigenvalue weighted by Crippen LogP contribution is -2.36. The van der Waals surface area contributed by atoms with Crippen LogP contribution in [0.15, 0.2) is 18.2 Å². The van der Waals surface area contributed by atoms with E-state index in [1.54, 1.807) is 6.07 Å². The first-order valence-corrected chi connectivity index (χ1v) is 6.87. The summed E-state index contributed by atoms with van der Waals surface area (Å²) in [5.41, 5.74) is 0.216. The number of alkyl halides is 3. The molecule has 1 fully saturated rings. The predicted octanol–water partition coefficient (Wildman–Crippen LogP) is 3.18. The van der Waals surface area contributed by atoms with Gasteiger partial charge in [0.2, 0.25) is 0 Å². The van der Waals surface area contributed by atoms with Crippen molar-refractivity contribution in [3.8, 4) is 0 Å². The van der Waals surface area contributed by atoms with Gasteiger partial charge in [0.05, 0.1) is 5.56 Å². The summed E-state index contributed by atoms with van der Waals surface area (Å²) in [4.78, 5) is 10.8. The molecule has 0 spiro atoms. The number of aliphatic carboxylic acids is 1. The molecule has 0 saturated carbocycles. The molecule has 0 aliphatic carbocycles. The molecule has 1 aromatic carbocycles. The summed E-state index contributed by atoms with van der Waals surface area (Å²) in [5, 5.41) is 12.0. The van der Waals surface area contributed by atoms with E-state index in [9.17, 15) is 18.0 Å². The minimum absolute atomic E-state index is 0.0431. The molecule has 6 heteroatoms. The largest absolute Gasteiger partial charge is 0.481 e. The molecule has 3 nitrogen and oxygen atoms in total. The minimum Gasteiger partial charge on any atom is -0.481 e. The van der Waals surface area contributed by atoms with Gasteiger partial charge in [0.15, 0.2) is 0 Å². The van der Waals surface area contributed by atoms with Crippen molar-refractivity contribution in [3.05, 3.63) is 34.9 Å². The van der Waals surface area contributed by atoms with Crippen LogP contribution in [0.25, 0.3) is 0 Å². The zero-order chi connectivity index (χ0) is 15.6. The maximum absolute atomic E-state index is 13.0. The third kappa shape index (κ3) is 3.97. The van der Waals surface area contributed by atoms with E-state index in [1.165, 1.54) is 19.1 Å². The number of benzene rings is 1. The number of hydrogen-bond acceptors (Lipinski definition) is 2. The van der Waals surface area contributed by atoms with Crippen molar-refractivity contribution < 1.29 is 23.1 Å². The third-order valence-electron chi connectivity index (χ3n) is 3.94. The Kier molecular flexibility index (Phi) is 4.56. The van der Waals surface area contributed by atoms with E-state index < -0.39 is 17.7 Å². The first kappa shape index (κ1) is 15.8. The molecule has 1 saturated heterocycles. The van der Waals surface area contributed by atoms with Crippen LogP contribution in [0.1, 0.15) is 35.4 Å². The van der Waals surface area contributed by atoms with E-state index in [-0.39, 0.29) is 23.8 Å². The molecule has 21 heavy (non-hydrogen) atoms. The molecule has 1 aromatic rings. The fraction of sp³-hybridized carbons (Fsp3) is 0.533. The van der Waals surface area contributed by atoms with Crippen molar-refractivity contribution in [2.75, 3.05) is 13.1 Å². The molecule has 2 unspecified atom stereocenters. The molecular weight excluding hydrogens is 283 g/mol. The van der Waals surface area contributed by atoms with Gasteiger partial charge >= 0.3 is 12.1 Å². The molecule has 0 amide bonds. The maximum Gasteiger partial charge on any atom is 0.416 e. The molecule has 1 heterocycles. The second kappa shape index (κ2) is 6.05. The summed E-state index contributed by atoms with van der Waals surface area (Å²) >= 11 is 0. The summed E-state index contributed by atoms with van der Waals surface area (Å²) in [7, 11) is 0. The molecule has 0 bridgehead atoms. The molecule has 2 rings (SSSR count). The monoisotopic (exact) mass is 301 g/mol. The number of hydrogen-bond donors (Lipinski definition) is 2. The predicted molar refractivity (Wildman–Crippen MR) is 72.2 cm³/mol. The normalized spacial score (nSPS) is 23.0. The summed E-state index contributed by atoms with van der Waals surface area (Å²) in [5.74, 6) is -0.996. The van der Waals surface area contributed by atoms with Gasteiger partial charge in [-0.15, -0.1) is 0 Å². The molecule has 1 aliphatic rings. The van der Waals surface area contributed by atoms with E-state index >= 15 is 0 Å². The lowest BCUT2D eigenvalue weighted by atomic mass is 9.83. The Bertz CT molecular complexity index is 528. The number of carboxylic acids is 1. The van der Waals surface area contributed by atoms with Gasteiger partial charge in [-0.05, 0) is 48.9 Å². The highest BCUT2D eigenvalue weighted by molar-refractivity contribution is 5.67. The van der Waals surface area contributed by atoms with Crippen LogP contribution in [0.3, 0.4) is 0 Å². The van der Waals surface area contributed by atoms with Gasteiger partial charge in [-0.1, -0.05) is 12.1 Å². The van der Waals surface area contributed by atoms with Crippen LogP contribution < -0.4 is 5.32 Å². The highest BCUT2D eigenvalue weighted by Crippen LogP contribution is 2.35. The molecule has 2 N–H and O–H groups in total. The number of carbonyl (C=O) groups is 1. The SMILES string of the molecule is Cc1ccc(C2CNCC(CC(=O)O)C2)cc1C(F)(F)F. The first-order chi connectivity index (χ1) is 9.77. The molecule has 2 atom stereocenters. The summed E-state index contributed by atoms with van der Waals surface area (Å²) in [6.45, 7) is 2.62. The van der Waals surface area contributed by atoms with Gasteiger partial charge in [-0.3, -0.25) is 4.79 Å². The highest BCUT2D eigenvalue weighted by Gasteiger charge is 2.33. The van der Waals surface area contributed by atoms with Crippen LogP contribution in [0.5, 0.6) is 0 Å². The fourth-order valence-electron chi connectivity index (χ4n) is 2.89. The molecule has 0 radical (unpaired) electrons. The van der Waals surface area contributed by atoms with E-state index in [0.29, 0.717) is 25.1 Å². The van der Waals surface area contributed by atoms with Crippen LogP contribution in [0, 0.1) is 12.8 Å². The summed E-state index contributed by atoms with van der Waals surface area (Å²) in [6, 6.07) is 4.39. The van der Waals surface area contributed by atoms with Crippen LogP contribution >= 0.6 is 0 Å². The van der Waals surface area contributed by atoms with Gasteiger partial charge < -0.3 is 10.4 Å². The number of rotatable bonds is 3. The topological polar surface area (TPSA) is 49.3 Å². The van der Waals surface area contributed by atoms with Crippen molar-refractivity contribution >= 4 is 5.97 Å². The van der Waals surface area contributed by atoms with Crippen molar-refractivity contribution in [1.29, 1.82) is 0 Å². The van der Waals surface area contributed by atoms with E-state index in [2.05, 4.69) is 5.32 Å². The smallest absolute Gasteiger partial charge is 0.416 e. The standard InChI is InChI=1S/C15H18F3NO2/c1-9-2-3-11(6-13(9)15(16,17)18)12-4-10(5-14(20)21)7-19-8-12/h2-3,6,10,12,19H,4-5,7-8H2,1H3,(H,20,21). The fourth-order valence-corrected chi connectivity index (χ4v) is 2.89. The van der Waals surface area contributed by atoms with Gasteiger partial charge in [-0.2, -0.15) is 13.2 Å². The minimum atomic E-state index is -4.36. The second-order valence-corrected chi connectivity index (χ2v) is 5.63. The number of carboxylic acid groups (broad SMARTS) is 1. The molecule has 0 aromatic heterocycles. The second-order valence-electron chi connectivity index (χ2n) is 5.63. The quantitative estimate of drug-likeness (QED) is 0.901. The Morgan fingerprint density at radius 1 is 1.38 bits per heavy atom. The number of halogens is 3. The third-order valence-corrected chi connectivity index (χ3v) is 3.94. The van der Waals surface area contributed by atoms with Crippen LogP contribution in [0.4, 0.5) is 13.2 Å². The van der Waals surface area contributed by atoms with Crippen molar-refractivity contribution in [2.24, 2.45) is 5.92 Å². The Balaban J connectivity index is 2.20. The van der Waals surface area contributed by atoms with Gasteiger partial charge in [0.25, 0.3) is 0 Å². The Morgan fingerprint density at radius 3 is 2.71 bits per heavy atom. The lowest BCUT2D eigenvalue weighted by Gasteiger charge is -2.30. The van der Waals surface area contributed by atoms with Crippen LogP contribution in [-0.4, -0.2) is 24.2 Å². The van der Waals surface area contributed by atoms with Crippen molar-refractivity contribution in [1.82, 2.24) is 5.32 Å². The van der Waals surface area contributed by atoms with Crippen LogP contribution in [-0.2, 0) is 11.0 Å². The Hall–Kier alpha value is -1.56. The van der Waals surface area contributed by atoms with Gasteiger partial charge in [-0.25, -0.2) is 0 Å². The average molecular weight is 301 g/mol. The zero-order valence-corrected chi connectivity index (χ0v) is 11.7. The Labute approximate surface area is 121 Å². The lowest BCUT2D eigenvalue weighted by molar-refractivity contribution is -0.139. The van der Waals surface area contributed by atoms with Crippen LogP contribution in [0.2, 0.25) is 0 Å². The van der Waals surface area contributed by atoms with Crippen molar-refractivity contribution in [3.63, 3.8) is 0 Å². The molecule has 1 aliphatic heterocycles. The molecular formula is C15H18F3NO2. The summed E-state index contributed by atoms with van der Waals surface area (Å²) < 4.78 is 38.9. The van der Waals surface area contributed by atoms with Gasteiger partial charge in [0, 0.05) is 13.0 Å². The van der Waals surface area contributed by atoms with Gasteiger partial charge in [0.1, 0.15) is 0 Å². The Morgan fingerprint density at radius 2 is 2.10 bits per heavy atom. The maximum atomic E-state index is 13.0. The highest BCUT2D eigenvalue weighted by atomic mass is 19.4. The summed E-state index contributed by atoms with van der Waals surface area (Å²) in [6.07, 6.45) is -3.72. The van der Waals surface area contributed by atoms with Crippen molar-refractivity contribution in [2.45, 2.75) is 31.9 Å². The number of nitrogens with one attached hydrogen (secondary N) is 1. The average Bonchev–Trinajstić information content (AvgIpc) is 2.37. The zero-order valence-electron chi connectivity index (χ0n) is 11.7.